The smallest absolute Gasteiger partial charge is 0.233 e. The molecule has 7 heteroatoms. The maximum atomic E-state index is 12.1. The third-order valence-electron chi connectivity index (χ3n) is 3.70. The predicted molar refractivity (Wildman–Crippen MR) is 90.7 cm³/mol. The van der Waals surface area contributed by atoms with Gasteiger partial charge in [-0.25, -0.2) is 9.97 Å². The number of anilines is 1. The average molecular weight is 331 g/mol. The fourth-order valence-corrected chi connectivity index (χ4v) is 3.13. The van der Waals surface area contributed by atoms with E-state index in [-0.39, 0.29) is 22.5 Å². The van der Waals surface area contributed by atoms with Crippen molar-refractivity contribution in [2.24, 2.45) is 0 Å². The van der Waals surface area contributed by atoms with Crippen LogP contribution in [0.2, 0.25) is 0 Å². The van der Waals surface area contributed by atoms with Crippen LogP contribution in [0.5, 0.6) is 0 Å². The number of nitrogens with two attached hydrogens (primary N) is 1. The van der Waals surface area contributed by atoms with Crippen molar-refractivity contribution in [3.8, 4) is 6.07 Å². The fraction of sp³-hybridized carbons (Fsp3) is 0.500. The monoisotopic (exact) mass is 331 g/mol. The molecular weight excluding hydrogens is 310 g/mol. The van der Waals surface area contributed by atoms with E-state index in [1.54, 1.807) is 6.92 Å². The number of amides is 1. The van der Waals surface area contributed by atoms with Crippen LogP contribution >= 0.6 is 11.8 Å². The number of aromatic nitrogens is 2. The van der Waals surface area contributed by atoms with E-state index in [0.29, 0.717) is 11.7 Å². The first-order valence-electron chi connectivity index (χ1n) is 7.75. The Balaban J connectivity index is 1.79. The Bertz CT molecular complexity index is 638. The molecule has 1 atom stereocenters. The number of thioether (sulfide) groups is 1. The third kappa shape index (κ3) is 5.25. The van der Waals surface area contributed by atoms with Crippen LogP contribution in [0.3, 0.4) is 0 Å². The van der Waals surface area contributed by atoms with E-state index in [1.807, 2.05) is 6.07 Å². The Labute approximate surface area is 140 Å². The number of nitriles is 1. The largest absolute Gasteiger partial charge is 0.382 e. The number of carbonyl (C=O) groups is 1. The number of nitrogens with zero attached hydrogens (tertiary/aromatic N) is 3. The van der Waals surface area contributed by atoms with Gasteiger partial charge in [0.2, 0.25) is 5.91 Å². The van der Waals surface area contributed by atoms with Gasteiger partial charge >= 0.3 is 0 Å². The summed E-state index contributed by atoms with van der Waals surface area (Å²) in [6.45, 7) is 2.46. The molecule has 0 spiro atoms. The second-order valence-electron chi connectivity index (χ2n) is 5.47. The lowest BCUT2D eigenvalue weighted by molar-refractivity contribution is -0.120. The van der Waals surface area contributed by atoms with E-state index < -0.39 is 0 Å². The third-order valence-corrected chi connectivity index (χ3v) is 4.67. The van der Waals surface area contributed by atoms with Crippen molar-refractivity contribution >= 4 is 23.5 Å². The highest BCUT2D eigenvalue weighted by Gasteiger charge is 2.16. The minimum absolute atomic E-state index is 0.0436. The number of hydrogen-bond acceptors (Lipinski definition) is 6. The molecule has 0 fully saturated rings. The zero-order valence-electron chi connectivity index (χ0n) is 13.2. The van der Waals surface area contributed by atoms with Gasteiger partial charge in [-0.15, -0.1) is 0 Å². The van der Waals surface area contributed by atoms with Crippen LogP contribution in [0.1, 0.15) is 44.6 Å². The Kier molecular flexibility index (Phi) is 6.41. The van der Waals surface area contributed by atoms with Gasteiger partial charge in [0.1, 0.15) is 17.5 Å². The average Bonchev–Trinajstić information content (AvgIpc) is 2.56. The predicted octanol–water partition coefficient (Wildman–Crippen LogP) is 2.42. The molecule has 1 amide bonds. The molecule has 1 aliphatic rings. The van der Waals surface area contributed by atoms with Crippen LogP contribution in [-0.2, 0) is 4.79 Å². The van der Waals surface area contributed by atoms with Gasteiger partial charge in [0.05, 0.1) is 11.4 Å². The van der Waals surface area contributed by atoms with Gasteiger partial charge in [-0.05, 0) is 39.0 Å². The van der Waals surface area contributed by atoms with E-state index in [2.05, 4.69) is 21.4 Å². The van der Waals surface area contributed by atoms with E-state index in [4.69, 9.17) is 11.0 Å². The van der Waals surface area contributed by atoms with Crippen molar-refractivity contribution in [2.75, 3.05) is 12.3 Å². The number of rotatable bonds is 6. The Morgan fingerprint density at radius 2 is 2.39 bits per heavy atom. The first-order valence-corrected chi connectivity index (χ1v) is 8.63. The van der Waals surface area contributed by atoms with Crippen LogP contribution in [0.25, 0.3) is 0 Å². The molecule has 23 heavy (non-hydrogen) atoms. The zero-order valence-corrected chi connectivity index (χ0v) is 14.0. The summed E-state index contributed by atoms with van der Waals surface area (Å²) >= 11 is 1.23. The lowest BCUT2D eigenvalue weighted by Crippen LogP contribution is -2.32. The first kappa shape index (κ1) is 17.3. The highest BCUT2D eigenvalue weighted by molar-refractivity contribution is 8.00. The Morgan fingerprint density at radius 1 is 1.57 bits per heavy atom. The zero-order chi connectivity index (χ0) is 16.7. The van der Waals surface area contributed by atoms with Crippen molar-refractivity contribution in [2.45, 2.75) is 49.4 Å². The van der Waals surface area contributed by atoms with Gasteiger partial charge in [0.25, 0.3) is 0 Å². The van der Waals surface area contributed by atoms with Crippen molar-refractivity contribution < 1.29 is 4.79 Å². The molecule has 1 heterocycles. The highest BCUT2D eigenvalue weighted by atomic mass is 32.2. The molecule has 122 valence electrons. The van der Waals surface area contributed by atoms with Gasteiger partial charge in [-0.1, -0.05) is 23.4 Å². The lowest BCUT2D eigenvalue weighted by atomic mass is 9.97. The summed E-state index contributed by atoms with van der Waals surface area (Å²) in [6.07, 6.45) is 9.43. The second-order valence-corrected chi connectivity index (χ2v) is 6.78. The molecular formula is C16H21N5OS. The molecule has 0 bridgehead atoms. The minimum atomic E-state index is -0.317. The number of nitrogens with one attached hydrogen (secondary N) is 1. The molecule has 1 aromatic heterocycles. The number of carbonyl (C=O) groups excluding carboxylic acids is 1. The topological polar surface area (TPSA) is 105 Å². The summed E-state index contributed by atoms with van der Waals surface area (Å²) in [5.74, 6) is 0.0970. The number of nitrogen functional groups attached to an aromatic ring is 1. The molecule has 0 aliphatic heterocycles. The molecule has 0 saturated carbocycles. The van der Waals surface area contributed by atoms with Gasteiger partial charge in [-0.2, -0.15) is 5.26 Å². The van der Waals surface area contributed by atoms with Crippen LogP contribution in [-0.4, -0.2) is 27.7 Å². The standard InChI is InChI=1S/C16H21N5OS/c1-11(23-16-20-10-13(9-17)14(18)21-16)15(22)19-8-7-12-5-3-2-4-6-12/h5,10-11H,2-4,6-8H2,1H3,(H,19,22)(H2,18,20,21)/t11-/m1/s1. The summed E-state index contributed by atoms with van der Waals surface area (Å²) < 4.78 is 0. The van der Waals surface area contributed by atoms with Crippen LogP contribution < -0.4 is 11.1 Å². The van der Waals surface area contributed by atoms with E-state index in [0.717, 1.165) is 19.3 Å². The van der Waals surface area contributed by atoms with Crippen LogP contribution in [0.4, 0.5) is 5.82 Å². The summed E-state index contributed by atoms with van der Waals surface area (Å²) in [5.41, 5.74) is 7.34. The molecule has 1 aromatic rings. The first-order chi connectivity index (χ1) is 11.1. The van der Waals surface area contributed by atoms with E-state index in [1.165, 1.54) is 36.4 Å². The molecule has 0 saturated heterocycles. The minimum Gasteiger partial charge on any atom is -0.382 e. The molecule has 0 aromatic carbocycles. The maximum absolute atomic E-state index is 12.1. The number of hydrogen-bond donors (Lipinski definition) is 2. The van der Waals surface area contributed by atoms with Gasteiger partial charge in [-0.3, -0.25) is 4.79 Å². The van der Waals surface area contributed by atoms with Crippen molar-refractivity contribution in [3.63, 3.8) is 0 Å². The molecule has 1 aliphatic carbocycles. The Hall–Kier alpha value is -2.07. The maximum Gasteiger partial charge on any atom is 0.233 e. The van der Waals surface area contributed by atoms with Gasteiger partial charge in [0.15, 0.2) is 5.16 Å². The van der Waals surface area contributed by atoms with E-state index in [9.17, 15) is 4.79 Å². The molecule has 2 rings (SSSR count). The molecule has 0 radical (unpaired) electrons. The SMILES string of the molecule is C[C@@H](Sc1ncc(C#N)c(N)n1)C(=O)NCCC1=CCCCC1. The van der Waals surface area contributed by atoms with Crippen molar-refractivity contribution in [3.05, 3.63) is 23.4 Å². The Morgan fingerprint density at radius 3 is 3.04 bits per heavy atom. The normalized spacial score (nSPS) is 15.4. The number of allylic oxidation sites excluding steroid dienone is 1. The van der Waals surface area contributed by atoms with Crippen molar-refractivity contribution in [1.29, 1.82) is 5.26 Å². The molecule has 6 nitrogen and oxygen atoms in total. The van der Waals surface area contributed by atoms with Crippen LogP contribution in [0.15, 0.2) is 23.0 Å². The lowest BCUT2D eigenvalue weighted by Gasteiger charge is -2.14. The quantitative estimate of drug-likeness (QED) is 0.471. The summed E-state index contributed by atoms with van der Waals surface area (Å²) in [4.78, 5) is 20.2. The van der Waals surface area contributed by atoms with Gasteiger partial charge in [0, 0.05) is 6.54 Å². The second kappa shape index (κ2) is 8.53. The van der Waals surface area contributed by atoms with E-state index >= 15 is 0 Å². The molecule has 3 N–H and O–H groups in total. The summed E-state index contributed by atoms with van der Waals surface area (Å²) in [6, 6.07) is 1.91. The van der Waals surface area contributed by atoms with Crippen LogP contribution in [0, 0.1) is 11.3 Å². The van der Waals surface area contributed by atoms with Crippen molar-refractivity contribution in [1.82, 2.24) is 15.3 Å². The summed E-state index contributed by atoms with van der Waals surface area (Å²) in [5, 5.41) is 11.8. The fourth-order valence-electron chi connectivity index (χ4n) is 2.35. The van der Waals surface area contributed by atoms with Gasteiger partial charge < -0.3 is 11.1 Å². The summed E-state index contributed by atoms with van der Waals surface area (Å²) in [7, 11) is 0. The highest BCUT2D eigenvalue weighted by Crippen LogP contribution is 2.22. The molecule has 0 unspecified atom stereocenters.